The molecule has 0 aliphatic rings. The number of carbonyl (C=O) groups excluding carboxylic acids is 2. The molecule has 0 aliphatic carbocycles. The highest BCUT2D eigenvalue weighted by Crippen LogP contribution is 2.14. The average Bonchev–Trinajstić information content (AvgIpc) is 2.86. The van der Waals surface area contributed by atoms with E-state index < -0.39 is 0 Å². The first-order valence-electron chi connectivity index (χ1n) is 6.63. The molecule has 0 aliphatic heterocycles. The summed E-state index contributed by atoms with van der Waals surface area (Å²) in [6.45, 7) is 3.61. The molecule has 0 atom stereocenters. The van der Waals surface area contributed by atoms with Crippen molar-refractivity contribution < 1.29 is 9.59 Å². The highest BCUT2D eigenvalue weighted by atomic mass is 32.1. The van der Waals surface area contributed by atoms with Crippen molar-refractivity contribution in [1.29, 1.82) is 0 Å². The molecule has 0 saturated carbocycles. The fourth-order valence-corrected chi connectivity index (χ4v) is 2.80. The van der Waals surface area contributed by atoms with E-state index in [1.165, 1.54) is 11.3 Å². The second-order valence-corrected chi connectivity index (χ2v) is 5.70. The summed E-state index contributed by atoms with van der Waals surface area (Å²) in [7, 11) is 0. The van der Waals surface area contributed by atoms with Crippen LogP contribution in [0, 0.1) is 0 Å². The van der Waals surface area contributed by atoms with Crippen LogP contribution in [0.4, 0.5) is 0 Å². The number of Topliss-reactive ketones (excluding diaryl/α,β-unsaturated/α-hetero) is 2. The van der Waals surface area contributed by atoms with Gasteiger partial charge in [0.2, 0.25) is 0 Å². The number of ketones is 2. The van der Waals surface area contributed by atoms with Gasteiger partial charge in [-0.15, -0.1) is 11.3 Å². The van der Waals surface area contributed by atoms with E-state index >= 15 is 0 Å². The molecule has 2 rings (SSSR count). The maximum absolute atomic E-state index is 12.1. The molecule has 1 heterocycles. The van der Waals surface area contributed by atoms with Gasteiger partial charge >= 0.3 is 0 Å². The molecule has 0 bridgehead atoms. The molecule has 3 nitrogen and oxygen atoms in total. The number of aromatic nitrogens is 1. The van der Waals surface area contributed by atoms with Gasteiger partial charge in [0.05, 0.1) is 12.1 Å². The fourth-order valence-electron chi connectivity index (χ4n) is 1.93. The summed E-state index contributed by atoms with van der Waals surface area (Å²) in [5.74, 6) is 0.190. The van der Waals surface area contributed by atoms with Crippen LogP contribution in [0.5, 0.6) is 0 Å². The van der Waals surface area contributed by atoms with Gasteiger partial charge in [0.15, 0.2) is 5.78 Å². The summed E-state index contributed by atoms with van der Waals surface area (Å²) >= 11 is 1.53. The summed E-state index contributed by atoms with van der Waals surface area (Å²) in [4.78, 5) is 27.6. The van der Waals surface area contributed by atoms with Crippen molar-refractivity contribution in [3.05, 3.63) is 51.5 Å². The SMILES string of the molecule is CCc1csc(CC(=O)c2ccc(CC(C)=O)cc2)n1. The molecule has 20 heavy (non-hydrogen) atoms. The van der Waals surface area contributed by atoms with Gasteiger partial charge in [-0.05, 0) is 18.9 Å². The lowest BCUT2D eigenvalue weighted by molar-refractivity contribution is -0.116. The summed E-state index contributed by atoms with van der Waals surface area (Å²) in [6, 6.07) is 7.26. The van der Waals surface area contributed by atoms with Crippen molar-refractivity contribution in [3.8, 4) is 0 Å². The van der Waals surface area contributed by atoms with Crippen LogP contribution in [0.15, 0.2) is 29.6 Å². The second kappa shape index (κ2) is 6.57. The summed E-state index contributed by atoms with van der Waals surface area (Å²) in [5.41, 5.74) is 2.65. The molecule has 1 aromatic heterocycles. The third-order valence-corrected chi connectivity index (χ3v) is 3.90. The summed E-state index contributed by atoms with van der Waals surface area (Å²) in [5, 5.41) is 2.86. The van der Waals surface area contributed by atoms with Crippen LogP contribution in [-0.2, 0) is 24.1 Å². The Morgan fingerprint density at radius 2 is 1.85 bits per heavy atom. The Bertz CT molecular complexity index is 614. The number of carbonyl (C=O) groups is 2. The molecule has 0 N–H and O–H groups in total. The predicted molar refractivity (Wildman–Crippen MR) is 80.4 cm³/mol. The van der Waals surface area contributed by atoms with Gasteiger partial charge in [0.1, 0.15) is 10.8 Å². The lowest BCUT2D eigenvalue weighted by atomic mass is 10.0. The maximum Gasteiger partial charge on any atom is 0.169 e. The van der Waals surface area contributed by atoms with Crippen LogP contribution in [-0.4, -0.2) is 16.6 Å². The number of hydrogen-bond donors (Lipinski definition) is 0. The maximum atomic E-state index is 12.1. The van der Waals surface area contributed by atoms with Crippen LogP contribution < -0.4 is 0 Å². The van der Waals surface area contributed by atoms with Crippen molar-refractivity contribution in [2.45, 2.75) is 33.1 Å². The van der Waals surface area contributed by atoms with Gasteiger partial charge in [0.25, 0.3) is 0 Å². The van der Waals surface area contributed by atoms with Crippen LogP contribution in [0.1, 0.15) is 40.5 Å². The van der Waals surface area contributed by atoms with E-state index in [0.717, 1.165) is 22.7 Å². The van der Waals surface area contributed by atoms with Gasteiger partial charge in [-0.25, -0.2) is 4.98 Å². The topological polar surface area (TPSA) is 47.0 Å². The number of benzene rings is 1. The van der Waals surface area contributed by atoms with E-state index in [-0.39, 0.29) is 11.6 Å². The minimum Gasteiger partial charge on any atom is -0.300 e. The highest BCUT2D eigenvalue weighted by molar-refractivity contribution is 7.09. The molecule has 4 heteroatoms. The molecule has 0 saturated heterocycles. The zero-order valence-electron chi connectivity index (χ0n) is 11.7. The molecule has 104 valence electrons. The zero-order valence-corrected chi connectivity index (χ0v) is 12.5. The molecule has 1 aromatic carbocycles. The van der Waals surface area contributed by atoms with Gasteiger partial charge in [-0.3, -0.25) is 9.59 Å². The zero-order chi connectivity index (χ0) is 14.5. The van der Waals surface area contributed by atoms with Gasteiger partial charge < -0.3 is 0 Å². The smallest absolute Gasteiger partial charge is 0.169 e. The van der Waals surface area contributed by atoms with Crippen molar-refractivity contribution >= 4 is 22.9 Å². The third-order valence-electron chi connectivity index (χ3n) is 3.00. The van der Waals surface area contributed by atoms with Crippen LogP contribution in [0.3, 0.4) is 0 Å². The van der Waals surface area contributed by atoms with E-state index in [1.807, 2.05) is 17.5 Å². The molecule has 0 spiro atoms. The Hall–Kier alpha value is -1.81. The van der Waals surface area contributed by atoms with Gasteiger partial charge in [-0.1, -0.05) is 31.2 Å². The van der Waals surface area contributed by atoms with Crippen LogP contribution in [0.25, 0.3) is 0 Å². The first-order valence-corrected chi connectivity index (χ1v) is 7.51. The largest absolute Gasteiger partial charge is 0.300 e. The lowest BCUT2D eigenvalue weighted by Crippen LogP contribution is -2.04. The third kappa shape index (κ3) is 3.84. The van der Waals surface area contributed by atoms with Gasteiger partial charge in [0, 0.05) is 17.4 Å². The second-order valence-electron chi connectivity index (χ2n) is 4.76. The summed E-state index contributed by atoms with van der Waals surface area (Å²) in [6.07, 6.45) is 1.65. The van der Waals surface area contributed by atoms with Crippen molar-refractivity contribution in [3.63, 3.8) is 0 Å². The molecular weight excluding hydrogens is 270 g/mol. The number of hydrogen-bond acceptors (Lipinski definition) is 4. The van der Waals surface area contributed by atoms with E-state index in [4.69, 9.17) is 0 Å². The minimum atomic E-state index is 0.0661. The van der Waals surface area contributed by atoms with E-state index in [2.05, 4.69) is 11.9 Å². The van der Waals surface area contributed by atoms with Crippen LogP contribution in [0.2, 0.25) is 0 Å². The standard InChI is InChI=1S/C16H17NO2S/c1-3-14-10-20-16(17-14)9-15(19)13-6-4-12(5-7-13)8-11(2)18/h4-7,10H,3,8-9H2,1-2H3. The van der Waals surface area contributed by atoms with E-state index in [9.17, 15) is 9.59 Å². The Balaban J connectivity index is 2.03. The molecule has 0 amide bonds. The normalized spacial score (nSPS) is 10.5. The van der Waals surface area contributed by atoms with Crippen molar-refractivity contribution in [2.24, 2.45) is 0 Å². The Kier molecular flexibility index (Phi) is 4.79. The molecule has 0 radical (unpaired) electrons. The van der Waals surface area contributed by atoms with Crippen LogP contribution >= 0.6 is 11.3 Å². The average molecular weight is 287 g/mol. The Morgan fingerprint density at radius 3 is 2.40 bits per heavy atom. The Labute approximate surface area is 122 Å². The van der Waals surface area contributed by atoms with Gasteiger partial charge in [-0.2, -0.15) is 0 Å². The lowest BCUT2D eigenvalue weighted by Gasteiger charge is -2.01. The monoisotopic (exact) mass is 287 g/mol. The number of nitrogens with zero attached hydrogens (tertiary/aromatic N) is 1. The minimum absolute atomic E-state index is 0.0661. The van der Waals surface area contributed by atoms with E-state index in [1.54, 1.807) is 19.1 Å². The number of rotatable bonds is 6. The number of thiazole rings is 1. The Morgan fingerprint density at radius 1 is 1.15 bits per heavy atom. The van der Waals surface area contributed by atoms with Crippen molar-refractivity contribution in [2.75, 3.05) is 0 Å². The quantitative estimate of drug-likeness (QED) is 0.766. The van der Waals surface area contributed by atoms with Crippen molar-refractivity contribution in [1.82, 2.24) is 4.98 Å². The first kappa shape index (κ1) is 14.6. The predicted octanol–water partition coefficient (Wildman–Crippen LogP) is 3.26. The first-order chi connectivity index (χ1) is 9.58. The summed E-state index contributed by atoms with van der Waals surface area (Å²) < 4.78 is 0. The highest BCUT2D eigenvalue weighted by Gasteiger charge is 2.10. The molecular formula is C16H17NO2S. The molecule has 0 unspecified atom stereocenters. The van der Waals surface area contributed by atoms with E-state index in [0.29, 0.717) is 18.4 Å². The molecule has 2 aromatic rings. The molecule has 0 fully saturated rings. The number of aryl methyl sites for hydroxylation is 1. The fraction of sp³-hybridized carbons (Fsp3) is 0.312.